The van der Waals surface area contributed by atoms with E-state index in [2.05, 4.69) is 48.5 Å². The summed E-state index contributed by atoms with van der Waals surface area (Å²) in [6.07, 6.45) is 0. The first-order chi connectivity index (χ1) is 9.93. The van der Waals surface area contributed by atoms with Crippen molar-refractivity contribution in [3.63, 3.8) is 0 Å². The van der Waals surface area contributed by atoms with Crippen LogP contribution in [0, 0.1) is 12.1 Å². The monoisotopic (exact) mass is 506 g/mol. The Balaban J connectivity index is -0.000000151. The second-order valence-corrected chi connectivity index (χ2v) is 4.51. The summed E-state index contributed by atoms with van der Waals surface area (Å²) in [5, 5.41) is 4.88. The van der Waals surface area contributed by atoms with Crippen molar-refractivity contribution in [2.45, 2.75) is 0 Å². The molecule has 0 aliphatic heterocycles. The van der Waals surface area contributed by atoms with E-state index < -0.39 is 0 Å². The SMILES string of the molecule is [Cl-].[Cl-].[Cl-].[Cl-].[Ti+4].[Zn+2].[c-]1cccc2ccccc12.[c-]1cccc2ccccc12. The van der Waals surface area contributed by atoms with Gasteiger partial charge in [-0.15, -0.1) is 94.3 Å². The van der Waals surface area contributed by atoms with Crippen molar-refractivity contribution in [3.05, 3.63) is 97.1 Å². The molecule has 0 bridgehead atoms. The van der Waals surface area contributed by atoms with E-state index in [1.165, 1.54) is 21.5 Å². The maximum absolute atomic E-state index is 3.15. The summed E-state index contributed by atoms with van der Waals surface area (Å²) in [5.41, 5.74) is 0. The molecular formula is C20H14Cl4TiZn. The minimum Gasteiger partial charge on any atom is -1.00 e. The van der Waals surface area contributed by atoms with Crippen LogP contribution in [0.1, 0.15) is 0 Å². The predicted octanol–water partition coefficient (Wildman–Crippen LogP) is -6.71. The smallest absolute Gasteiger partial charge is 1.00 e. The third kappa shape index (κ3) is 9.72. The van der Waals surface area contributed by atoms with E-state index in [1.807, 2.05) is 48.5 Å². The Kier molecular flexibility index (Phi) is 23.5. The molecule has 4 aromatic carbocycles. The van der Waals surface area contributed by atoms with Crippen molar-refractivity contribution < 1.29 is 90.8 Å². The second kappa shape index (κ2) is 18.3. The summed E-state index contributed by atoms with van der Waals surface area (Å²) in [5.74, 6) is 0. The number of benzene rings is 4. The Labute approximate surface area is 207 Å². The van der Waals surface area contributed by atoms with Gasteiger partial charge in [0, 0.05) is 0 Å². The van der Waals surface area contributed by atoms with Gasteiger partial charge in [-0.2, -0.15) is 0 Å². The molecular weight excluding hydrogens is 495 g/mol. The summed E-state index contributed by atoms with van der Waals surface area (Å²) in [6, 6.07) is 34.8. The molecule has 0 unspecified atom stereocenters. The Morgan fingerprint density at radius 1 is 0.462 bits per heavy atom. The molecule has 0 N–H and O–H groups in total. The molecule has 0 atom stereocenters. The van der Waals surface area contributed by atoms with Gasteiger partial charge in [0.2, 0.25) is 0 Å². The van der Waals surface area contributed by atoms with Gasteiger partial charge in [-0.3, -0.25) is 0 Å². The van der Waals surface area contributed by atoms with E-state index in [4.69, 9.17) is 0 Å². The van der Waals surface area contributed by atoms with Crippen LogP contribution in [0.25, 0.3) is 21.5 Å². The largest absolute Gasteiger partial charge is 4.00 e. The van der Waals surface area contributed by atoms with E-state index >= 15 is 0 Å². The summed E-state index contributed by atoms with van der Waals surface area (Å²) >= 11 is 0. The molecule has 0 aliphatic rings. The number of hydrogen-bond donors (Lipinski definition) is 0. The topological polar surface area (TPSA) is 0 Å². The van der Waals surface area contributed by atoms with Crippen LogP contribution < -0.4 is 49.6 Å². The zero-order valence-electron chi connectivity index (χ0n) is 13.8. The van der Waals surface area contributed by atoms with Crippen molar-refractivity contribution in [1.29, 1.82) is 0 Å². The van der Waals surface area contributed by atoms with Gasteiger partial charge in [0.1, 0.15) is 0 Å². The Hall–Kier alpha value is -0.102. The molecule has 26 heavy (non-hydrogen) atoms. The minimum absolute atomic E-state index is 0. The zero-order valence-corrected chi connectivity index (χ0v) is 21.4. The predicted molar refractivity (Wildman–Crippen MR) is 85.6 cm³/mol. The molecule has 0 radical (unpaired) electrons. The molecule has 0 heterocycles. The van der Waals surface area contributed by atoms with Gasteiger partial charge in [0.15, 0.2) is 0 Å². The first-order valence-electron chi connectivity index (χ1n) is 6.64. The first-order valence-corrected chi connectivity index (χ1v) is 6.64. The third-order valence-corrected chi connectivity index (χ3v) is 3.14. The third-order valence-electron chi connectivity index (χ3n) is 3.14. The van der Waals surface area contributed by atoms with Gasteiger partial charge in [-0.05, 0) is 0 Å². The quantitative estimate of drug-likeness (QED) is 0.164. The van der Waals surface area contributed by atoms with Crippen LogP contribution >= 0.6 is 0 Å². The van der Waals surface area contributed by atoms with Crippen molar-refractivity contribution in [2.75, 3.05) is 0 Å². The number of fused-ring (bicyclic) bond motifs is 2. The molecule has 0 saturated heterocycles. The van der Waals surface area contributed by atoms with E-state index in [0.717, 1.165) is 0 Å². The van der Waals surface area contributed by atoms with E-state index in [9.17, 15) is 0 Å². The average molecular weight is 509 g/mol. The fourth-order valence-corrected chi connectivity index (χ4v) is 2.13. The zero-order chi connectivity index (χ0) is 13.6. The van der Waals surface area contributed by atoms with Crippen molar-refractivity contribution in [3.8, 4) is 0 Å². The normalized spacial score (nSPS) is 7.69. The summed E-state index contributed by atoms with van der Waals surface area (Å²) in [4.78, 5) is 0. The summed E-state index contributed by atoms with van der Waals surface area (Å²) < 4.78 is 0. The van der Waals surface area contributed by atoms with Crippen LogP contribution in [0.5, 0.6) is 0 Å². The molecule has 0 aromatic heterocycles. The molecule has 0 nitrogen and oxygen atoms in total. The van der Waals surface area contributed by atoms with Gasteiger partial charge in [0.05, 0.1) is 0 Å². The minimum atomic E-state index is 0. The molecule has 0 fully saturated rings. The molecule has 0 spiro atoms. The number of rotatable bonds is 0. The van der Waals surface area contributed by atoms with Gasteiger partial charge < -0.3 is 49.6 Å². The van der Waals surface area contributed by atoms with E-state index in [-0.39, 0.29) is 90.8 Å². The van der Waals surface area contributed by atoms with E-state index in [0.29, 0.717) is 0 Å². The fraction of sp³-hybridized carbons (Fsp3) is 0. The molecule has 6 heteroatoms. The van der Waals surface area contributed by atoms with Crippen LogP contribution in [0.15, 0.2) is 84.9 Å². The van der Waals surface area contributed by atoms with Crippen molar-refractivity contribution >= 4 is 21.5 Å². The average Bonchev–Trinajstić information content (AvgIpc) is 2.56. The number of hydrogen-bond acceptors (Lipinski definition) is 0. The van der Waals surface area contributed by atoms with Crippen LogP contribution in [-0.2, 0) is 41.2 Å². The molecule has 128 valence electrons. The van der Waals surface area contributed by atoms with Crippen LogP contribution in [0.3, 0.4) is 0 Å². The molecule has 0 saturated carbocycles. The van der Waals surface area contributed by atoms with E-state index in [1.54, 1.807) is 0 Å². The second-order valence-electron chi connectivity index (χ2n) is 4.51. The van der Waals surface area contributed by atoms with Crippen molar-refractivity contribution in [1.82, 2.24) is 0 Å². The van der Waals surface area contributed by atoms with Crippen LogP contribution in [-0.4, -0.2) is 0 Å². The summed E-state index contributed by atoms with van der Waals surface area (Å²) in [6.45, 7) is 0. The molecule has 4 rings (SSSR count). The fourth-order valence-electron chi connectivity index (χ4n) is 2.13. The Morgan fingerprint density at radius 2 is 0.769 bits per heavy atom. The van der Waals surface area contributed by atoms with Gasteiger partial charge >= 0.3 is 41.2 Å². The number of halogens is 4. The first kappa shape index (κ1) is 33.5. The maximum atomic E-state index is 3.15. The molecule has 0 amide bonds. The van der Waals surface area contributed by atoms with Gasteiger partial charge in [0.25, 0.3) is 0 Å². The van der Waals surface area contributed by atoms with Gasteiger partial charge in [-0.25, -0.2) is 0 Å². The van der Waals surface area contributed by atoms with Gasteiger partial charge in [-0.1, -0.05) is 24.3 Å². The standard InChI is InChI=1S/2C10H7.4ClH.Ti.Zn/c2*1-2-6-10-8-4-3-7-9(10)5-1;;;;;;/h2*1-7H;4*1H;;/q2*-1;;;;;+4;+2/p-4. The van der Waals surface area contributed by atoms with Crippen molar-refractivity contribution in [2.24, 2.45) is 0 Å². The van der Waals surface area contributed by atoms with Crippen LogP contribution in [0.2, 0.25) is 0 Å². The Bertz CT molecular complexity index is 641. The summed E-state index contributed by atoms with van der Waals surface area (Å²) in [7, 11) is 0. The molecule has 0 aliphatic carbocycles. The maximum Gasteiger partial charge on any atom is 4.00 e. The van der Waals surface area contributed by atoms with Crippen LogP contribution in [0.4, 0.5) is 0 Å². The Morgan fingerprint density at radius 3 is 1.12 bits per heavy atom. The molecule has 4 aromatic rings.